The zero-order valence-electron chi connectivity index (χ0n) is 18.3. The van der Waals surface area contributed by atoms with Gasteiger partial charge in [0.05, 0.1) is 17.6 Å². The molecule has 0 radical (unpaired) electrons. The smallest absolute Gasteiger partial charge is 0.267 e. The Kier molecular flexibility index (Phi) is 4.85. The lowest BCUT2D eigenvalue weighted by molar-refractivity contribution is 0.477. The van der Waals surface area contributed by atoms with E-state index in [1.165, 1.54) is 4.57 Å². The first-order valence-corrected chi connectivity index (χ1v) is 12.4. The van der Waals surface area contributed by atoms with Crippen LogP contribution in [-0.4, -0.2) is 29.6 Å². The number of hydrogen-bond donors (Lipinski definition) is 4. The molecule has 0 aliphatic carbocycles. The molecule has 2 aromatic heterocycles. The molecular weight excluding hydrogens is 464 g/mol. The SMILES string of the molecule is O=c1c(C2=NS(O)(O)c3ccccc3N2)c(O)c2cccnc2n1Cc1cccc2ccccc12. The van der Waals surface area contributed by atoms with Gasteiger partial charge in [-0.1, -0.05) is 65.4 Å². The van der Waals surface area contributed by atoms with Crippen molar-refractivity contribution in [2.45, 2.75) is 11.4 Å². The number of amidine groups is 1. The van der Waals surface area contributed by atoms with E-state index in [0.717, 1.165) is 16.3 Å². The van der Waals surface area contributed by atoms with Gasteiger partial charge in [-0.3, -0.25) is 18.5 Å². The van der Waals surface area contributed by atoms with Gasteiger partial charge in [0.2, 0.25) is 0 Å². The highest BCUT2D eigenvalue weighted by molar-refractivity contribution is 8.23. The third-order valence-electron chi connectivity index (χ3n) is 6.09. The Labute approximate surface area is 201 Å². The monoisotopic (exact) mass is 484 g/mol. The van der Waals surface area contributed by atoms with Gasteiger partial charge >= 0.3 is 0 Å². The Morgan fingerprint density at radius 3 is 2.51 bits per heavy atom. The summed E-state index contributed by atoms with van der Waals surface area (Å²) >= 11 is 0. The normalized spacial score (nSPS) is 15.3. The number of pyridine rings is 2. The first-order chi connectivity index (χ1) is 16.9. The van der Waals surface area contributed by atoms with Gasteiger partial charge in [0, 0.05) is 6.20 Å². The van der Waals surface area contributed by atoms with Crippen molar-refractivity contribution in [1.29, 1.82) is 0 Å². The molecule has 1 aliphatic rings. The number of hydrogen-bond acceptors (Lipinski definition) is 7. The second-order valence-electron chi connectivity index (χ2n) is 8.21. The quantitative estimate of drug-likeness (QED) is 0.279. The summed E-state index contributed by atoms with van der Waals surface area (Å²) in [6.45, 7) is 0.196. The third kappa shape index (κ3) is 3.45. The highest BCUT2D eigenvalue weighted by Crippen LogP contribution is 2.55. The van der Waals surface area contributed by atoms with Crippen molar-refractivity contribution in [2.75, 3.05) is 5.32 Å². The predicted molar refractivity (Wildman–Crippen MR) is 138 cm³/mol. The molecule has 5 aromatic rings. The van der Waals surface area contributed by atoms with Crippen LogP contribution in [0, 0.1) is 0 Å². The number of nitrogens with zero attached hydrogens (tertiary/aromatic N) is 3. The van der Waals surface area contributed by atoms with E-state index in [1.54, 1.807) is 42.6 Å². The van der Waals surface area contributed by atoms with Crippen LogP contribution in [-0.2, 0) is 6.54 Å². The molecule has 3 heterocycles. The maximum absolute atomic E-state index is 13.9. The summed E-state index contributed by atoms with van der Waals surface area (Å²) < 4.78 is 26.9. The fourth-order valence-corrected chi connectivity index (χ4v) is 5.63. The van der Waals surface area contributed by atoms with Gasteiger partial charge < -0.3 is 10.4 Å². The number of aromatic hydroxyl groups is 1. The van der Waals surface area contributed by atoms with Crippen LogP contribution in [0.5, 0.6) is 5.75 Å². The van der Waals surface area contributed by atoms with Gasteiger partial charge in [-0.15, -0.1) is 4.40 Å². The van der Waals surface area contributed by atoms with Crippen molar-refractivity contribution in [3.63, 3.8) is 0 Å². The van der Waals surface area contributed by atoms with Crippen LogP contribution in [0.2, 0.25) is 0 Å². The van der Waals surface area contributed by atoms with Crippen molar-refractivity contribution in [3.8, 4) is 5.75 Å². The molecule has 3 aromatic carbocycles. The minimum atomic E-state index is -3.58. The van der Waals surface area contributed by atoms with Gasteiger partial charge in [0.15, 0.2) is 5.84 Å². The van der Waals surface area contributed by atoms with Crippen molar-refractivity contribution >= 4 is 44.1 Å². The van der Waals surface area contributed by atoms with Crippen molar-refractivity contribution in [3.05, 3.63) is 107 Å². The molecular formula is C26H20N4O4S. The van der Waals surface area contributed by atoms with Crippen LogP contribution in [0.3, 0.4) is 0 Å². The number of nitrogens with one attached hydrogen (secondary N) is 1. The fraction of sp³-hybridized carbons (Fsp3) is 0.0385. The van der Waals surface area contributed by atoms with E-state index in [9.17, 15) is 19.0 Å². The van der Waals surface area contributed by atoms with Crippen LogP contribution in [0.25, 0.3) is 21.8 Å². The average Bonchev–Trinajstić information content (AvgIpc) is 2.86. The molecule has 0 bridgehead atoms. The highest BCUT2D eigenvalue weighted by atomic mass is 32.3. The Bertz CT molecular complexity index is 1720. The maximum Gasteiger partial charge on any atom is 0.267 e. The average molecular weight is 485 g/mol. The Morgan fingerprint density at radius 1 is 0.886 bits per heavy atom. The van der Waals surface area contributed by atoms with Gasteiger partial charge in [0.1, 0.15) is 21.9 Å². The summed E-state index contributed by atoms with van der Waals surface area (Å²) in [5.74, 6) is -0.434. The number of rotatable bonds is 3. The summed E-state index contributed by atoms with van der Waals surface area (Å²) in [7, 11) is -3.58. The zero-order valence-corrected chi connectivity index (χ0v) is 19.1. The van der Waals surface area contributed by atoms with E-state index in [2.05, 4.69) is 14.7 Å². The molecule has 6 rings (SSSR count). The van der Waals surface area contributed by atoms with Crippen LogP contribution in [0.15, 0.2) is 99.1 Å². The molecule has 9 heteroatoms. The summed E-state index contributed by atoms with van der Waals surface area (Å²) in [6, 6.07) is 23.7. The van der Waals surface area contributed by atoms with Gasteiger partial charge in [0.25, 0.3) is 5.56 Å². The number of aromatic nitrogens is 2. The standard InChI is InChI=1S/C26H20N4O4S/c31-23-19-11-6-14-27-25(19)30(15-17-9-5-8-16-7-1-2-10-18(16)17)26(32)22(23)24-28-20-12-3-4-13-21(20)35(33,34)29-24/h1-14,31,33-34H,15H2,(H,28,29). The third-order valence-corrected chi connectivity index (χ3v) is 7.48. The van der Waals surface area contributed by atoms with E-state index in [4.69, 9.17) is 0 Å². The van der Waals surface area contributed by atoms with Crippen molar-refractivity contribution < 1.29 is 14.2 Å². The predicted octanol–water partition coefficient (Wildman–Crippen LogP) is 5.20. The second kappa shape index (κ2) is 7.95. The first-order valence-electron chi connectivity index (χ1n) is 10.9. The van der Waals surface area contributed by atoms with E-state index in [-0.39, 0.29) is 28.6 Å². The summed E-state index contributed by atoms with van der Waals surface area (Å²) in [4.78, 5) is 18.5. The molecule has 0 unspecified atom stereocenters. The molecule has 174 valence electrons. The number of anilines is 1. The van der Waals surface area contributed by atoms with Crippen LogP contribution in [0.1, 0.15) is 11.1 Å². The maximum atomic E-state index is 13.9. The lowest BCUT2D eigenvalue weighted by Crippen LogP contribution is -2.32. The minimum Gasteiger partial charge on any atom is -0.506 e. The molecule has 1 aliphatic heterocycles. The molecule has 8 nitrogen and oxygen atoms in total. The molecule has 0 saturated carbocycles. The summed E-state index contributed by atoms with van der Waals surface area (Å²) in [5, 5.41) is 16.5. The topological polar surface area (TPSA) is 120 Å². The van der Waals surface area contributed by atoms with E-state index in [0.29, 0.717) is 16.7 Å². The van der Waals surface area contributed by atoms with Gasteiger partial charge in [-0.25, -0.2) is 4.98 Å². The van der Waals surface area contributed by atoms with E-state index in [1.807, 2.05) is 42.5 Å². The lowest BCUT2D eigenvalue weighted by atomic mass is 10.0. The Hall–Kier alpha value is -4.18. The summed E-state index contributed by atoms with van der Waals surface area (Å²) in [5.41, 5.74) is 0.919. The van der Waals surface area contributed by atoms with Crippen molar-refractivity contribution in [1.82, 2.24) is 9.55 Å². The van der Waals surface area contributed by atoms with Gasteiger partial charge in [-0.2, -0.15) is 0 Å². The molecule has 35 heavy (non-hydrogen) atoms. The molecule has 0 spiro atoms. The highest BCUT2D eigenvalue weighted by Gasteiger charge is 2.30. The van der Waals surface area contributed by atoms with E-state index >= 15 is 0 Å². The molecule has 0 amide bonds. The van der Waals surface area contributed by atoms with Gasteiger partial charge in [-0.05, 0) is 40.6 Å². The van der Waals surface area contributed by atoms with Crippen molar-refractivity contribution in [2.24, 2.45) is 4.40 Å². The van der Waals surface area contributed by atoms with Crippen LogP contribution in [0.4, 0.5) is 5.69 Å². The first kappa shape index (κ1) is 21.4. The Morgan fingerprint density at radius 2 is 1.63 bits per heavy atom. The molecule has 0 saturated heterocycles. The second-order valence-corrected chi connectivity index (χ2v) is 9.87. The van der Waals surface area contributed by atoms with E-state index < -0.39 is 16.3 Å². The van der Waals surface area contributed by atoms with Crippen LogP contribution < -0.4 is 10.9 Å². The number of para-hydroxylation sites is 1. The van der Waals surface area contributed by atoms with Crippen LogP contribution >= 0.6 is 10.8 Å². The number of fused-ring (bicyclic) bond motifs is 3. The molecule has 4 N–H and O–H groups in total. The molecule has 0 atom stereocenters. The zero-order chi connectivity index (χ0) is 24.2. The molecule has 0 fully saturated rings. The Balaban J connectivity index is 1.59. The lowest BCUT2D eigenvalue weighted by Gasteiger charge is -2.34. The minimum absolute atomic E-state index is 0.108. The fourth-order valence-electron chi connectivity index (χ4n) is 4.47. The summed E-state index contributed by atoms with van der Waals surface area (Å²) in [6.07, 6.45) is 1.56. The number of benzene rings is 3. The largest absolute Gasteiger partial charge is 0.506 e.